The number of aryl methyl sites for hydroxylation is 3. The summed E-state index contributed by atoms with van der Waals surface area (Å²) in [6.45, 7) is 10.0. The summed E-state index contributed by atoms with van der Waals surface area (Å²) < 4.78 is 5.18. The van der Waals surface area contributed by atoms with Gasteiger partial charge in [0.15, 0.2) is 0 Å². The number of fused-ring (bicyclic) bond motifs is 1. The molecule has 34 heavy (non-hydrogen) atoms. The van der Waals surface area contributed by atoms with Crippen LogP contribution in [-0.2, 0) is 9.53 Å². The Morgan fingerprint density at radius 2 is 1.91 bits per heavy atom. The number of nitrogens with zero attached hydrogens (tertiary/aromatic N) is 2. The average molecular weight is 512 g/mol. The highest BCUT2D eigenvalue weighted by atomic mass is 32.2. The van der Waals surface area contributed by atoms with Gasteiger partial charge >= 0.3 is 5.97 Å². The Labute approximate surface area is 210 Å². The van der Waals surface area contributed by atoms with Crippen molar-refractivity contribution in [1.82, 2.24) is 9.97 Å². The lowest BCUT2D eigenvalue weighted by Gasteiger charge is -2.08. The lowest BCUT2D eigenvalue weighted by molar-refractivity contribution is -0.113. The molecule has 3 aromatic heterocycles. The zero-order valence-corrected chi connectivity index (χ0v) is 22.1. The Balaban J connectivity index is 1.56. The van der Waals surface area contributed by atoms with Gasteiger partial charge in [0.1, 0.15) is 21.2 Å². The minimum atomic E-state index is -0.416. The summed E-state index contributed by atoms with van der Waals surface area (Å²) in [4.78, 5) is 36.0. The van der Waals surface area contributed by atoms with Crippen molar-refractivity contribution < 1.29 is 14.3 Å². The molecule has 4 rings (SSSR count). The number of esters is 1. The molecule has 9 heteroatoms. The van der Waals surface area contributed by atoms with E-state index >= 15 is 0 Å². The zero-order valence-electron chi connectivity index (χ0n) is 19.6. The number of thioether (sulfide) groups is 1. The highest BCUT2D eigenvalue weighted by Crippen LogP contribution is 2.39. The summed E-state index contributed by atoms with van der Waals surface area (Å²) in [6.07, 6.45) is 1.54. The molecule has 4 aromatic rings. The van der Waals surface area contributed by atoms with Crippen molar-refractivity contribution in [2.45, 2.75) is 39.6 Å². The molecule has 0 bridgehead atoms. The molecule has 0 saturated carbocycles. The maximum absolute atomic E-state index is 12.8. The van der Waals surface area contributed by atoms with Gasteiger partial charge in [-0.3, -0.25) is 4.79 Å². The Morgan fingerprint density at radius 3 is 2.65 bits per heavy atom. The molecule has 0 fully saturated rings. The van der Waals surface area contributed by atoms with Crippen molar-refractivity contribution in [2.75, 3.05) is 17.7 Å². The summed E-state index contributed by atoms with van der Waals surface area (Å²) in [5.74, 6) is -0.459. The third-order valence-electron chi connectivity index (χ3n) is 5.61. The molecule has 0 aliphatic heterocycles. The molecule has 1 amide bonds. The van der Waals surface area contributed by atoms with E-state index in [-0.39, 0.29) is 18.3 Å². The van der Waals surface area contributed by atoms with Crippen LogP contribution in [0.3, 0.4) is 0 Å². The largest absolute Gasteiger partial charge is 0.462 e. The molecular weight excluding hydrogens is 486 g/mol. The van der Waals surface area contributed by atoms with Gasteiger partial charge in [0, 0.05) is 15.8 Å². The molecule has 0 unspecified atom stereocenters. The van der Waals surface area contributed by atoms with Crippen molar-refractivity contribution in [2.24, 2.45) is 0 Å². The lowest BCUT2D eigenvalue weighted by atomic mass is 10.0. The van der Waals surface area contributed by atoms with Gasteiger partial charge in [0.05, 0.1) is 23.3 Å². The summed E-state index contributed by atoms with van der Waals surface area (Å²) in [5.41, 5.74) is 5.91. The van der Waals surface area contributed by atoms with Crippen LogP contribution in [0.2, 0.25) is 0 Å². The number of anilines is 1. The van der Waals surface area contributed by atoms with Crippen molar-refractivity contribution in [3.63, 3.8) is 0 Å². The molecule has 1 N–H and O–H groups in total. The van der Waals surface area contributed by atoms with Crippen LogP contribution in [0.25, 0.3) is 21.3 Å². The van der Waals surface area contributed by atoms with Gasteiger partial charge in [-0.05, 0) is 56.9 Å². The second-order valence-electron chi connectivity index (χ2n) is 7.85. The molecular formula is C25H25N3O3S3. The third-order valence-corrected chi connectivity index (χ3v) is 8.61. The lowest BCUT2D eigenvalue weighted by Crippen LogP contribution is -2.16. The molecule has 6 nitrogen and oxygen atoms in total. The predicted octanol–water partition coefficient (Wildman–Crippen LogP) is 6.56. The number of thiophene rings is 2. The van der Waals surface area contributed by atoms with E-state index in [2.05, 4.69) is 52.7 Å². The Kier molecular flexibility index (Phi) is 7.35. The maximum Gasteiger partial charge on any atom is 0.341 e. The smallest absolute Gasteiger partial charge is 0.341 e. The molecule has 0 aliphatic rings. The van der Waals surface area contributed by atoms with E-state index in [1.807, 2.05) is 13.8 Å². The van der Waals surface area contributed by atoms with Gasteiger partial charge in [-0.2, -0.15) is 0 Å². The Morgan fingerprint density at radius 1 is 1.12 bits per heavy atom. The molecule has 0 atom stereocenters. The van der Waals surface area contributed by atoms with E-state index in [0.717, 1.165) is 36.8 Å². The number of nitrogens with one attached hydrogen (secondary N) is 1. The Bertz CT molecular complexity index is 1390. The van der Waals surface area contributed by atoms with Gasteiger partial charge in [-0.15, -0.1) is 22.7 Å². The van der Waals surface area contributed by atoms with Crippen LogP contribution in [0.5, 0.6) is 0 Å². The maximum atomic E-state index is 12.8. The van der Waals surface area contributed by atoms with E-state index in [0.29, 0.717) is 10.6 Å². The first-order valence-electron chi connectivity index (χ1n) is 10.8. The standard InChI is InChI=1S/C25H25N3O3S3/c1-6-31-25(30)20-15(4)16(5)34-24(20)28-19(29)11-33-23-21-18(10-32-22(21)26-12-27-23)17-8-7-13(2)14(3)9-17/h7-10,12H,6,11H2,1-5H3,(H,28,29). The van der Waals surface area contributed by atoms with Crippen molar-refractivity contribution in [1.29, 1.82) is 0 Å². The van der Waals surface area contributed by atoms with E-state index < -0.39 is 5.97 Å². The summed E-state index contributed by atoms with van der Waals surface area (Å²) in [6, 6.07) is 6.39. The molecule has 1 aromatic carbocycles. The molecule has 3 heterocycles. The highest BCUT2D eigenvalue weighted by Gasteiger charge is 2.22. The van der Waals surface area contributed by atoms with Crippen LogP contribution in [-0.4, -0.2) is 34.2 Å². The fourth-order valence-electron chi connectivity index (χ4n) is 3.54. The summed E-state index contributed by atoms with van der Waals surface area (Å²) in [5, 5.41) is 7.24. The number of ether oxygens (including phenoxy) is 1. The van der Waals surface area contributed by atoms with Crippen LogP contribution < -0.4 is 5.32 Å². The van der Waals surface area contributed by atoms with Crippen LogP contribution >= 0.6 is 34.4 Å². The van der Waals surface area contributed by atoms with Crippen molar-refractivity contribution in [3.05, 3.63) is 57.0 Å². The first-order chi connectivity index (χ1) is 16.3. The highest BCUT2D eigenvalue weighted by molar-refractivity contribution is 8.00. The fourth-order valence-corrected chi connectivity index (χ4v) is 6.40. The summed E-state index contributed by atoms with van der Waals surface area (Å²) in [7, 11) is 0. The van der Waals surface area contributed by atoms with Crippen LogP contribution in [0.15, 0.2) is 34.9 Å². The SMILES string of the molecule is CCOC(=O)c1c(NC(=O)CSc2ncnc3scc(-c4ccc(C)c(C)c4)c23)sc(C)c1C. The van der Waals surface area contributed by atoms with Crippen molar-refractivity contribution >= 4 is 61.5 Å². The number of rotatable bonds is 7. The van der Waals surface area contributed by atoms with Gasteiger partial charge < -0.3 is 10.1 Å². The molecule has 176 valence electrons. The van der Waals surface area contributed by atoms with Crippen molar-refractivity contribution in [3.8, 4) is 11.1 Å². The van der Waals surface area contributed by atoms with Crippen LogP contribution in [0.4, 0.5) is 5.00 Å². The number of amides is 1. The fraction of sp³-hybridized carbons (Fsp3) is 0.280. The molecule has 0 spiro atoms. The number of aromatic nitrogens is 2. The number of benzene rings is 1. The van der Waals surface area contributed by atoms with Gasteiger partial charge in [-0.1, -0.05) is 30.0 Å². The second-order valence-corrected chi connectivity index (χ2v) is 10.9. The topological polar surface area (TPSA) is 81.2 Å². The molecule has 0 radical (unpaired) electrons. The van der Waals surface area contributed by atoms with Crippen LogP contribution in [0.1, 0.15) is 38.8 Å². The number of carbonyl (C=O) groups excluding carboxylic acids is 2. The minimum absolute atomic E-state index is 0.159. The zero-order chi connectivity index (χ0) is 24.4. The van der Waals surface area contributed by atoms with Gasteiger partial charge in [0.25, 0.3) is 0 Å². The van der Waals surface area contributed by atoms with E-state index in [1.54, 1.807) is 18.3 Å². The number of hydrogen-bond donors (Lipinski definition) is 1. The Hall–Kier alpha value is -2.75. The monoisotopic (exact) mass is 511 g/mol. The van der Waals surface area contributed by atoms with E-state index in [1.165, 1.54) is 40.6 Å². The molecule has 0 aliphatic carbocycles. The van der Waals surface area contributed by atoms with E-state index in [9.17, 15) is 9.59 Å². The van der Waals surface area contributed by atoms with E-state index in [4.69, 9.17) is 4.74 Å². The first kappa shape index (κ1) is 24.4. The third kappa shape index (κ3) is 4.87. The number of hydrogen-bond acceptors (Lipinski definition) is 8. The predicted molar refractivity (Wildman–Crippen MR) is 141 cm³/mol. The normalized spacial score (nSPS) is 11.1. The van der Waals surface area contributed by atoms with Crippen LogP contribution in [0, 0.1) is 27.7 Å². The minimum Gasteiger partial charge on any atom is -0.462 e. The van der Waals surface area contributed by atoms with Gasteiger partial charge in [0.2, 0.25) is 5.91 Å². The quantitative estimate of drug-likeness (QED) is 0.172. The second kappa shape index (κ2) is 10.2. The summed E-state index contributed by atoms with van der Waals surface area (Å²) >= 11 is 4.32. The number of carbonyl (C=O) groups is 2. The first-order valence-corrected chi connectivity index (χ1v) is 13.5. The van der Waals surface area contributed by atoms with Gasteiger partial charge in [-0.25, -0.2) is 14.8 Å². The average Bonchev–Trinajstić information content (AvgIpc) is 3.35. The molecule has 0 saturated heterocycles.